The highest BCUT2D eigenvalue weighted by atomic mass is 19.3. The summed E-state index contributed by atoms with van der Waals surface area (Å²) in [6.45, 7) is 8.74. The van der Waals surface area contributed by atoms with Crippen molar-refractivity contribution in [1.29, 1.82) is 0 Å². The Labute approximate surface area is 221 Å². The molecular weight excluding hydrogens is 498 g/mol. The van der Waals surface area contributed by atoms with E-state index in [4.69, 9.17) is 14.2 Å². The second-order valence-corrected chi connectivity index (χ2v) is 9.42. The molecule has 8 nitrogen and oxygen atoms in total. The van der Waals surface area contributed by atoms with Gasteiger partial charge in [-0.05, 0) is 63.9 Å². The SMILES string of the molecule is CCOc1cc(C(C)N(CCCOc2ccccc2)C(=O)NC2(C(=O)O)CC(F)(F)C2)cc(OCC)c1C. The highest BCUT2D eigenvalue weighted by molar-refractivity contribution is 5.88. The molecule has 1 fully saturated rings. The molecule has 10 heteroatoms. The van der Waals surface area contributed by atoms with Gasteiger partial charge in [0, 0.05) is 24.9 Å². The molecule has 2 aromatic carbocycles. The first-order chi connectivity index (χ1) is 18.0. The molecule has 0 aromatic heterocycles. The molecule has 2 N–H and O–H groups in total. The Morgan fingerprint density at radius 3 is 2.13 bits per heavy atom. The van der Waals surface area contributed by atoms with Crippen LogP contribution in [0.3, 0.4) is 0 Å². The zero-order chi connectivity index (χ0) is 27.9. The maximum atomic E-state index is 13.7. The second-order valence-electron chi connectivity index (χ2n) is 9.42. The highest BCUT2D eigenvalue weighted by Crippen LogP contribution is 2.46. The number of hydrogen-bond donors (Lipinski definition) is 2. The average molecular weight is 535 g/mol. The lowest BCUT2D eigenvalue weighted by Gasteiger charge is -2.45. The molecule has 0 radical (unpaired) electrons. The Morgan fingerprint density at radius 1 is 1.05 bits per heavy atom. The number of amides is 2. The van der Waals surface area contributed by atoms with Gasteiger partial charge in [0.1, 0.15) is 17.2 Å². The summed E-state index contributed by atoms with van der Waals surface area (Å²) in [5, 5.41) is 12.0. The number of ether oxygens (including phenoxy) is 3. The molecule has 0 aliphatic heterocycles. The fraction of sp³-hybridized carbons (Fsp3) is 0.500. The summed E-state index contributed by atoms with van der Waals surface area (Å²) in [5.74, 6) is -2.73. The molecule has 1 atom stereocenters. The number of hydrogen-bond acceptors (Lipinski definition) is 5. The van der Waals surface area contributed by atoms with Gasteiger partial charge >= 0.3 is 12.0 Å². The molecule has 0 saturated heterocycles. The number of carbonyl (C=O) groups is 2. The van der Waals surface area contributed by atoms with E-state index in [9.17, 15) is 23.5 Å². The van der Waals surface area contributed by atoms with Gasteiger partial charge in [0.15, 0.2) is 5.54 Å². The van der Waals surface area contributed by atoms with Crippen molar-refractivity contribution in [2.45, 2.75) is 64.5 Å². The van der Waals surface area contributed by atoms with Crippen molar-refractivity contribution in [3.05, 3.63) is 53.6 Å². The zero-order valence-electron chi connectivity index (χ0n) is 22.3. The monoisotopic (exact) mass is 534 g/mol. The molecule has 3 rings (SSSR count). The minimum Gasteiger partial charge on any atom is -0.494 e. The summed E-state index contributed by atoms with van der Waals surface area (Å²) in [5.41, 5.74) is -0.498. The van der Waals surface area contributed by atoms with E-state index in [1.165, 1.54) is 4.90 Å². The Kier molecular flexibility index (Phi) is 9.40. The number of benzene rings is 2. The lowest BCUT2D eigenvalue weighted by molar-refractivity contribution is -0.175. The summed E-state index contributed by atoms with van der Waals surface area (Å²) in [4.78, 5) is 26.7. The third-order valence-electron chi connectivity index (χ3n) is 6.58. The third-order valence-corrected chi connectivity index (χ3v) is 6.58. The van der Waals surface area contributed by atoms with E-state index < -0.39 is 42.3 Å². The molecule has 38 heavy (non-hydrogen) atoms. The predicted octanol–water partition coefficient (Wildman–Crippen LogP) is 5.59. The van der Waals surface area contributed by atoms with Gasteiger partial charge in [0.05, 0.1) is 25.9 Å². The molecule has 208 valence electrons. The van der Waals surface area contributed by atoms with E-state index >= 15 is 0 Å². The fourth-order valence-electron chi connectivity index (χ4n) is 4.53. The normalized spacial score (nSPS) is 16.1. The lowest BCUT2D eigenvalue weighted by atomic mass is 9.73. The van der Waals surface area contributed by atoms with Crippen molar-refractivity contribution in [3.63, 3.8) is 0 Å². The molecule has 1 saturated carbocycles. The molecular formula is C28H36F2N2O6. The first-order valence-electron chi connectivity index (χ1n) is 12.8. The first-order valence-corrected chi connectivity index (χ1v) is 12.8. The first kappa shape index (κ1) is 29.0. The lowest BCUT2D eigenvalue weighted by Crippen LogP contribution is -2.68. The van der Waals surface area contributed by atoms with E-state index in [0.717, 1.165) is 5.56 Å². The second kappa shape index (κ2) is 12.3. The van der Waals surface area contributed by atoms with Crippen LogP contribution < -0.4 is 19.5 Å². The number of rotatable bonds is 13. The zero-order valence-corrected chi connectivity index (χ0v) is 22.3. The Bertz CT molecular complexity index is 1080. The summed E-state index contributed by atoms with van der Waals surface area (Å²) >= 11 is 0. The molecule has 0 heterocycles. The number of aliphatic carboxylic acids is 1. The van der Waals surface area contributed by atoms with Crippen molar-refractivity contribution in [2.75, 3.05) is 26.4 Å². The van der Waals surface area contributed by atoms with Crippen LogP contribution in [0.1, 0.15) is 57.2 Å². The molecule has 0 bridgehead atoms. The highest BCUT2D eigenvalue weighted by Gasteiger charge is 2.62. The molecule has 0 spiro atoms. The van der Waals surface area contributed by atoms with Crippen LogP contribution in [0.2, 0.25) is 0 Å². The van der Waals surface area contributed by atoms with Crippen LogP contribution in [-0.2, 0) is 4.79 Å². The maximum absolute atomic E-state index is 13.7. The number of halogens is 2. The maximum Gasteiger partial charge on any atom is 0.329 e. The van der Waals surface area contributed by atoms with Crippen LogP contribution in [0.4, 0.5) is 13.6 Å². The Morgan fingerprint density at radius 2 is 1.63 bits per heavy atom. The standard InChI is InChI=1S/C28H36F2N2O6/c1-5-36-23-15-21(16-24(19(23)3)37-6-2)20(4)32(13-10-14-38-22-11-8-7-9-12-22)26(35)31-27(25(33)34)17-28(29,30)18-27/h7-9,11-12,15-16,20H,5-6,10,13-14,17-18H2,1-4H3,(H,31,35)(H,33,34). The van der Waals surface area contributed by atoms with Gasteiger partial charge in [0.2, 0.25) is 0 Å². The summed E-state index contributed by atoms with van der Waals surface area (Å²) in [7, 11) is 0. The molecule has 1 unspecified atom stereocenters. The van der Waals surface area contributed by atoms with Crippen molar-refractivity contribution >= 4 is 12.0 Å². The largest absolute Gasteiger partial charge is 0.494 e. The van der Waals surface area contributed by atoms with E-state index in [-0.39, 0.29) is 6.54 Å². The van der Waals surface area contributed by atoms with Crippen LogP contribution in [0, 0.1) is 6.92 Å². The van der Waals surface area contributed by atoms with Gasteiger partial charge in [-0.1, -0.05) is 18.2 Å². The number of carboxylic acids is 1. The van der Waals surface area contributed by atoms with Gasteiger partial charge in [-0.25, -0.2) is 18.4 Å². The number of carbonyl (C=O) groups excluding carboxylic acids is 1. The van der Waals surface area contributed by atoms with Crippen molar-refractivity contribution in [3.8, 4) is 17.2 Å². The average Bonchev–Trinajstić information content (AvgIpc) is 2.85. The van der Waals surface area contributed by atoms with Gasteiger partial charge in [-0.2, -0.15) is 0 Å². The van der Waals surface area contributed by atoms with E-state index in [1.807, 2.05) is 63.2 Å². The number of carboxylic acid groups (broad SMARTS) is 1. The number of nitrogens with one attached hydrogen (secondary N) is 1. The van der Waals surface area contributed by atoms with Crippen LogP contribution >= 0.6 is 0 Å². The summed E-state index contributed by atoms with van der Waals surface area (Å²) < 4.78 is 44.7. The minimum absolute atomic E-state index is 0.188. The molecule has 1 aliphatic rings. The van der Waals surface area contributed by atoms with Crippen molar-refractivity contribution < 1.29 is 37.7 Å². The summed E-state index contributed by atoms with van der Waals surface area (Å²) in [6.07, 6.45) is -1.48. The Hall–Kier alpha value is -3.56. The van der Waals surface area contributed by atoms with Gasteiger partial charge in [-0.15, -0.1) is 0 Å². The van der Waals surface area contributed by atoms with E-state index in [2.05, 4.69) is 5.32 Å². The molecule has 2 aromatic rings. The molecule has 2 amide bonds. The topological polar surface area (TPSA) is 97.3 Å². The van der Waals surface area contributed by atoms with E-state index in [0.29, 0.717) is 49.1 Å². The van der Waals surface area contributed by atoms with Crippen LogP contribution in [0.15, 0.2) is 42.5 Å². The van der Waals surface area contributed by atoms with E-state index in [1.54, 1.807) is 6.92 Å². The smallest absolute Gasteiger partial charge is 0.329 e. The number of alkyl halides is 2. The number of para-hydroxylation sites is 1. The van der Waals surface area contributed by atoms with Crippen molar-refractivity contribution in [1.82, 2.24) is 10.2 Å². The number of urea groups is 1. The third kappa shape index (κ3) is 6.85. The number of nitrogens with zero attached hydrogens (tertiary/aromatic N) is 1. The molecule has 1 aliphatic carbocycles. The van der Waals surface area contributed by atoms with Gasteiger partial charge in [0.25, 0.3) is 5.92 Å². The fourth-order valence-corrected chi connectivity index (χ4v) is 4.53. The van der Waals surface area contributed by atoms with Crippen LogP contribution in [-0.4, -0.2) is 59.8 Å². The van der Waals surface area contributed by atoms with Gasteiger partial charge < -0.3 is 29.5 Å². The predicted molar refractivity (Wildman–Crippen MR) is 138 cm³/mol. The Balaban J connectivity index is 1.85. The quantitative estimate of drug-likeness (QED) is 0.326. The van der Waals surface area contributed by atoms with Crippen LogP contribution in [0.5, 0.6) is 17.2 Å². The minimum atomic E-state index is -3.14. The van der Waals surface area contributed by atoms with Crippen molar-refractivity contribution in [2.24, 2.45) is 0 Å². The van der Waals surface area contributed by atoms with Crippen LogP contribution in [0.25, 0.3) is 0 Å². The van der Waals surface area contributed by atoms with Gasteiger partial charge in [-0.3, -0.25) is 0 Å². The summed E-state index contributed by atoms with van der Waals surface area (Å²) in [6, 6.07) is 11.5.